The van der Waals surface area contributed by atoms with Crippen LogP contribution in [0.2, 0.25) is 0 Å². The van der Waals surface area contributed by atoms with Gasteiger partial charge in [0.1, 0.15) is 11.4 Å². The first-order valence-corrected chi connectivity index (χ1v) is 6.32. The van der Waals surface area contributed by atoms with Crippen LogP contribution in [0, 0.1) is 0 Å². The van der Waals surface area contributed by atoms with Crippen LogP contribution in [-0.2, 0) is 4.84 Å². The standard InChI is InChI=1S/C15H13N3O3/c1-20-17-15(19)13-10-12(14-8-5-9-21-14)16-18(13)11-6-3-2-4-7-11/h2-10H,1H3,(H,17,19). The van der Waals surface area contributed by atoms with Crippen molar-refractivity contribution in [2.24, 2.45) is 0 Å². The molecule has 2 heterocycles. The second-order valence-electron chi connectivity index (χ2n) is 4.27. The molecule has 3 aromatic rings. The predicted octanol–water partition coefficient (Wildman–Crippen LogP) is 2.42. The highest BCUT2D eigenvalue weighted by Gasteiger charge is 2.18. The molecule has 1 amide bonds. The lowest BCUT2D eigenvalue weighted by molar-refractivity contribution is 0.0529. The van der Waals surface area contributed by atoms with Gasteiger partial charge in [0.05, 0.1) is 19.1 Å². The summed E-state index contributed by atoms with van der Waals surface area (Å²) in [6.45, 7) is 0. The molecule has 0 aliphatic carbocycles. The first-order chi connectivity index (χ1) is 10.3. The van der Waals surface area contributed by atoms with E-state index in [4.69, 9.17) is 4.42 Å². The summed E-state index contributed by atoms with van der Waals surface area (Å²) < 4.78 is 6.87. The quantitative estimate of drug-likeness (QED) is 0.747. The van der Waals surface area contributed by atoms with E-state index in [1.807, 2.05) is 30.3 Å². The molecule has 0 saturated heterocycles. The smallest absolute Gasteiger partial charge is 0.293 e. The summed E-state index contributed by atoms with van der Waals surface area (Å²) in [6.07, 6.45) is 1.56. The Hall–Kier alpha value is -2.86. The van der Waals surface area contributed by atoms with Crippen LogP contribution in [0.4, 0.5) is 0 Å². The Bertz CT molecular complexity index is 733. The van der Waals surface area contributed by atoms with Gasteiger partial charge in [0.25, 0.3) is 5.91 Å². The molecule has 0 atom stereocenters. The Morgan fingerprint density at radius 3 is 2.71 bits per heavy atom. The normalized spacial score (nSPS) is 10.5. The van der Waals surface area contributed by atoms with Gasteiger partial charge in [0.2, 0.25) is 0 Å². The van der Waals surface area contributed by atoms with E-state index in [0.29, 0.717) is 17.1 Å². The van der Waals surface area contributed by atoms with Crippen LogP contribution in [0.25, 0.3) is 17.1 Å². The number of hydrogen-bond donors (Lipinski definition) is 1. The maximum absolute atomic E-state index is 12.1. The second-order valence-corrected chi connectivity index (χ2v) is 4.27. The summed E-state index contributed by atoms with van der Waals surface area (Å²) in [5.41, 5.74) is 4.00. The van der Waals surface area contributed by atoms with Crippen LogP contribution in [-0.4, -0.2) is 22.8 Å². The minimum atomic E-state index is -0.383. The highest BCUT2D eigenvalue weighted by molar-refractivity contribution is 5.93. The Morgan fingerprint density at radius 2 is 2.05 bits per heavy atom. The number of amides is 1. The zero-order chi connectivity index (χ0) is 14.7. The van der Waals surface area contributed by atoms with Gasteiger partial charge >= 0.3 is 0 Å². The van der Waals surface area contributed by atoms with Crippen molar-refractivity contribution in [1.29, 1.82) is 0 Å². The molecule has 0 aliphatic rings. The minimum absolute atomic E-state index is 0.356. The van der Waals surface area contributed by atoms with Gasteiger partial charge in [-0.1, -0.05) is 18.2 Å². The lowest BCUT2D eigenvalue weighted by Crippen LogP contribution is -2.24. The van der Waals surface area contributed by atoms with Gasteiger partial charge in [-0.25, -0.2) is 10.2 Å². The minimum Gasteiger partial charge on any atom is -0.463 e. The van der Waals surface area contributed by atoms with Crippen molar-refractivity contribution in [3.63, 3.8) is 0 Å². The zero-order valence-corrected chi connectivity index (χ0v) is 11.3. The summed E-state index contributed by atoms with van der Waals surface area (Å²) in [5.74, 6) is 0.211. The molecular formula is C15H13N3O3. The fourth-order valence-corrected chi connectivity index (χ4v) is 2.00. The van der Waals surface area contributed by atoms with Crippen LogP contribution in [0.15, 0.2) is 59.2 Å². The predicted molar refractivity (Wildman–Crippen MR) is 75.7 cm³/mol. The number of carbonyl (C=O) groups excluding carboxylic acids is 1. The monoisotopic (exact) mass is 283 g/mol. The molecule has 0 aliphatic heterocycles. The fraction of sp³-hybridized carbons (Fsp3) is 0.0667. The van der Waals surface area contributed by atoms with Gasteiger partial charge in [-0.3, -0.25) is 9.63 Å². The fourth-order valence-electron chi connectivity index (χ4n) is 2.00. The summed E-state index contributed by atoms with van der Waals surface area (Å²) in [5, 5.41) is 4.43. The maximum atomic E-state index is 12.1. The molecule has 1 N–H and O–H groups in total. The summed E-state index contributed by atoms with van der Waals surface area (Å²) in [4.78, 5) is 16.8. The van der Waals surface area contributed by atoms with Crippen molar-refractivity contribution >= 4 is 5.91 Å². The molecule has 106 valence electrons. The third-order valence-electron chi connectivity index (χ3n) is 2.91. The van der Waals surface area contributed by atoms with Crippen LogP contribution < -0.4 is 5.48 Å². The van der Waals surface area contributed by atoms with Gasteiger partial charge in [-0.15, -0.1) is 0 Å². The molecule has 0 bridgehead atoms. The first-order valence-electron chi connectivity index (χ1n) is 6.32. The van der Waals surface area contributed by atoms with Gasteiger partial charge in [-0.05, 0) is 24.3 Å². The van der Waals surface area contributed by atoms with Crippen LogP contribution in [0.3, 0.4) is 0 Å². The highest BCUT2D eigenvalue weighted by atomic mass is 16.6. The van der Waals surface area contributed by atoms with E-state index < -0.39 is 0 Å². The van der Waals surface area contributed by atoms with Crippen molar-refractivity contribution in [3.05, 3.63) is 60.5 Å². The van der Waals surface area contributed by atoms with Crippen molar-refractivity contribution < 1.29 is 14.0 Å². The van der Waals surface area contributed by atoms with Crippen molar-refractivity contribution in [1.82, 2.24) is 15.3 Å². The highest BCUT2D eigenvalue weighted by Crippen LogP contribution is 2.22. The van der Waals surface area contributed by atoms with Gasteiger partial charge < -0.3 is 4.42 Å². The van der Waals surface area contributed by atoms with E-state index in [0.717, 1.165) is 5.69 Å². The number of carbonyl (C=O) groups is 1. The van der Waals surface area contributed by atoms with Crippen molar-refractivity contribution in [2.75, 3.05) is 7.11 Å². The number of rotatable bonds is 4. The van der Waals surface area contributed by atoms with E-state index >= 15 is 0 Å². The lowest BCUT2D eigenvalue weighted by atomic mass is 10.3. The lowest BCUT2D eigenvalue weighted by Gasteiger charge is -2.06. The van der Waals surface area contributed by atoms with E-state index in [9.17, 15) is 4.79 Å². The molecule has 6 nitrogen and oxygen atoms in total. The van der Waals surface area contributed by atoms with Gasteiger partial charge in [0.15, 0.2) is 5.76 Å². The number of hydroxylamine groups is 1. The molecule has 0 unspecified atom stereocenters. The number of furan rings is 1. The number of benzene rings is 1. The Kier molecular flexibility index (Phi) is 3.53. The molecule has 21 heavy (non-hydrogen) atoms. The third kappa shape index (κ3) is 2.56. The number of aromatic nitrogens is 2. The second kappa shape index (κ2) is 5.64. The first kappa shape index (κ1) is 13.1. The van der Waals surface area contributed by atoms with Crippen LogP contribution in [0.1, 0.15) is 10.5 Å². The molecule has 0 spiro atoms. The Labute approximate surface area is 120 Å². The molecule has 3 rings (SSSR count). The van der Waals surface area contributed by atoms with Gasteiger partial charge in [-0.2, -0.15) is 5.10 Å². The molecule has 0 saturated carbocycles. The summed E-state index contributed by atoms with van der Waals surface area (Å²) in [7, 11) is 1.38. The topological polar surface area (TPSA) is 69.3 Å². The molecule has 0 radical (unpaired) electrons. The maximum Gasteiger partial charge on any atom is 0.293 e. The SMILES string of the molecule is CONC(=O)c1cc(-c2ccco2)nn1-c1ccccc1. The number of nitrogens with zero attached hydrogens (tertiary/aromatic N) is 2. The average Bonchev–Trinajstić information content (AvgIpc) is 3.17. The van der Waals surface area contributed by atoms with Gasteiger partial charge in [0, 0.05) is 6.07 Å². The van der Waals surface area contributed by atoms with E-state index in [1.54, 1.807) is 29.1 Å². The average molecular weight is 283 g/mol. The van der Waals surface area contributed by atoms with E-state index in [2.05, 4.69) is 15.4 Å². The Balaban J connectivity index is 2.10. The number of para-hydroxylation sites is 1. The van der Waals surface area contributed by atoms with Crippen molar-refractivity contribution in [3.8, 4) is 17.1 Å². The van der Waals surface area contributed by atoms with Crippen molar-refractivity contribution in [2.45, 2.75) is 0 Å². The van der Waals surface area contributed by atoms with Crippen LogP contribution in [0.5, 0.6) is 0 Å². The molecule has 2 aromatic heterocycles. The molecule has 0 fully saturated rings. The zero-order valence-electron chi connectivity index (χ0n) is 11.3. The Morgan fingerprint density at radius 1 is 1.24 bits per heavy atom. The number of hydrogen-bond acceptors (Lipinski definition) is 4. The molecule has 6 heteroatoms. The summed E-state index contributed by atoms with van der Waals surface area (Å²) >= 11 is 0. The summed E-state index contributed by atoms with van der Waals surface area (Å²) in [6, 6.07) is 14.6. The largest absolute Gasteiger partial charge is 0.463 e. The molecule has 1 aromatic carbocycles. The van der Waals surface area contributed by atoms with Crippen LogP contribution >= 0.6 is 0 Å². The third-order valence-corrected chi connectivity index (χ3v) is 2.91. The number of nitrogens with one attached hydrogen (secondary N) is 1. The van der Waals surface area contributed by atoms with E-state index in [1.165, 1.54) is 7.11 Å². The van der Waals surface area contributed by atoms with E-state index in [-0.39, 0.29) is 5.91 Å². The molecular weight excluding hydrogens is 270 g/mol.